The van der Waals surface area contributed by atoms with Gasteiger partial charge in [-0.05, 0) is 18.8 Å². The summed E-state index contributed by atoms with van der Waals surface area (Å²) in [6.45, 7) is 3.94. The smallest absolute Gasteiger partial charge is 0.326 e. The lowest BCUT2D eigenvalue weighted by atomic mass is 10.0. The first kappa shape index (κ1) is 14.0. The van der Waals surface area contributed by atoms with Crippen molar-refractivity contribution in [1.29, 1.82) is 0 Å². The molecule has 0 aromatic carbocycles. The largest absolute Gasteiger partial charge is 0.480 e. The minimum Gasteiger partial charge on any atom is -0.480 e. The van der Waals surface area contributed by atoms with Gasteiger partial charge in [-0.15, -0.1) is 0 Å². The summed E-state index contributed by atoms with van der Waals surface area (Å²) >= 11 is 0. The zero-order chi connectivity index (χ0) is 12.8. The zero-order valence-corrected chi connectivity index (χ0v) is 10.7. The van der Waals surface area contributed by atoms with Crippen LogP contribution in [0.1, 0.15) is 52.4 Å². The third-order valence-corrected chi connectivity index (χ3v) is 3.32. The molecule has 0 spiro atoms. The fourth-order valence-corrected chi connectivity index (χ4v) is 1.86. The average molecular weight is 241 g/mol. The normalized spacial score (nSPS) is 18.5. The standard InChI is InChI=1S/C13H23NO3/c1-3-4-5-9(2)12(15)14-11(13(16)17)8-10-6-7-10/h9-11H,3-8H2,1-2H3,(H,14,15)(H,16,17). The first-order valence-corrected chi connectivity index (χ1v) is 6.57. The van der Waals surface area contributed by atoms with Gasteiger partial charge in [-0.2, -0.15) is 0 Å². The first-order valence-electron chi connectivity index (χ1n) is 6.57. The summed E-state index contributed by atoms with van der Waals surface area (Å²) in [6, 6.07) is -0.695. The Balaban J connectivity index is 2.36. The van der Waals surface area contributed by atoms with Crippen LogP contribution in [0.15, 0.2) is 0 Å². The second-order valence-corrected chi connectivity index (χ2v) is 5.12. The molecule has 17 heavy (non-hydrogen) atoms. The minimum absolute atomic E-state index is 0.0870. The molecule has 1 aliphatic rings. The number of unbranched alkanes of at least 4 members (excludes halogenated alkanes) is 1. The summed E-state index contributed by atoms with van der Waals surface area (Å²) < 4.78 is 0. The molecule has 0 heterocycles. The highest BCUT2D eigenvalue weighted by Crippen LogP contribution is 2.33. The average Bonchev–Trinajstić information content (AvgIpc) is 3.08. The van der Waals surface area contributed by atoms with Gasteiger partial charge in [0.15, 0.2) is 0 Å². The maximum Gasteiger partial charge on any atom is 0.326 e. The Labute approximate surface area is 103 Å². The topological polar surface area (TPSA) is 66.4 Å². The molecule has 0 aromatic rings. The van der Waals surface area contributed by atoms with E-state index in [2.05, 4.69) is 12.2 Å². The van der Waals surface area contributed by atoms with E-state index in [4.69, 9.17) is 5.11 Å². The van der Waals surface area contributed by atoms with Gasteiger partial charge in [-0.25, -0.2) is 4.79 Å². The van der Waals surface area contributed by atoms with Crippen LogP contribution in [0.3, 0.4) is 0 Å². The summed E-state index contributed by atoms with van der Waals surface area (Å²) in [4.78, 5) is 22.8. The summed E-state index contributed by atoms with van der Waals surface area (Å²) in [6.07, 6.45) is 5.69. The van der Waals surface area contributed by atoms with Crippen LogP contribution in [0.2, 0.25) is 0 Å². The Bertz CT molecular complexity index is 274. The molecule has 1 amide bonds. The van der Waals surface area contributed by atoms with Crippen LogP contribution in [-0.2, 0) is 9.59 Å². The number of carbonyl (C=O) groups excluding carboxylic acids is 1. The SMILES string of the molecule is CCCCC(C)C(=O)NC(CC1CC1)C(=O)O. The number of carbonyl (C=O) groups is 2. The molecule has 0 aromatic heterocycles. The molecule has 1 aliphatic carbocycles. The highest BCUT2D eigenvalue weighted by Gasteiger charge is 2.30. The van der Waals surface area contributed by atoms with E-state index in [-0.39, 0.29) is 11.8 Å². The van der Waals surface area contributed by atoms with Crippen LogP contribution in [0.25, 0.3) is 0 Å². The number of rotatable bonds is 8. The third kappa shape index (κ3) is 5.20. The lowest BCUT2D eigenvalue weighted by Crippen LogP contribution is -2.43. The van der Waals surface area contributed by atoms with Crippen molar-refractivity contribution in [2.45, 2.75) is 58.4 Å². The summed E-state index contributed by atoms with van der Waals surface area (Å²) in [7, 11) is 0. The van der Waals surface area contributed by atoms with E-state index < -0.39 is 12.0 Å². The van der Waals surface area contributed by atoms with Crippen LogP contribution in [-0.4, -0.2) is 23.0 Å². The molecule has 2 unspecified atom stereocenters. The third-order valence-electron chi connectivity index (χ3n) is 3.32. The predicted octanol–water partition coefficient (Wildman–Crippen LogP) is 2.18. The van der Waals surface area contributed by atoms with Gasteiger partial charge >= 0.3 is 5.97 Å². The van der Waals surface area contributed by atoms with Gasteiger partial charge in [-0.3, -0.25) is 4.79 Å². The van der Waals surface area contributed by atoms with Crippen LogP contribution in [0.4, 0.5) is 0 Å². The number of hydrogen-bond donors (Lipinski definition) is 2. The van der Waals surface area contributed by atoms with Gasteiger partial charge in [0.05, 0.1) is 0 Å². The molecule has 2 atom stereocenters. The summed E-state index contributed by atoms with van der Waals surface area (Å²) in [5.41, 5.74) is 0. The van der Waals surface area contributed by atoms with Crippen molar-refractivity contribution in [2.24, 2.45) is 11.8 Å². The van der Waals surface area contributed by atoms with E-state index in [0.29, 0.717) is 12.3 Å². The molecule has 1 fully saturated rings. The Hall–Kier alpha value is -1.06. The first-order chi connectivity index (χ1) is 8.04. The Morgan fingerprint density at radius 1 is 1.41 bits per heavy atom. The molecule has 0 aliphatic heterocycles. The molecular weight excluding hydrogens is 218 g/mol. The monoisotopic (exact) mass is 241 g/mol. The maximum absolute atomic E-state index is 11.8. The molecule has 0 radical (unpaired) electrons. The van der Waals surface area contributed by atoms with Crippen molar-refractivity contribution in [3.05, 3.63) is 0 Å². The van der Waals surface area contributed by atoms with Gasteiger partial charge in [-0.1, -0.05) is 39.5 Å². The van der Waals surface area contributed by atoms with Crippen molar-refractivity contribution in [2.75, 3.05) is 0 Å². The fraction of sp³-hybridized carbons (Fsp3) is 0.846. The van der Waals surface area contributed by atoms with Gasteiger partial charge in [0.2, 0.25) is 5.91 Å². The van der Waals surface area contributed by atoms with Crippen molar-refractivity contribution in [1.82, 2.24) is 5.32 Å². The van der Waals surface area contributed by atoms with Gasteiger partial charge < -0.3 is 10.4 Å². The van der Waals surface area contributed by atoms with Crippen molar-refractivity contribution in [3.8, 4) is 0 Å². The Morgan fingerprint density at radius 2 is 2.06 bits per heavy atom. The van der Waals surface area contributed by atoms with E-state index in [1.807, 2.05) is 6.92 Å². The van der Waals surface area contributed by atoms with E-state index >= 15 is 0 Å². The second kappa shape index (κ2) is 6.62. The Morgan fingerprint density at radius 3 is 2.53 bits per heavy atom. The molecule has 4 nitrogen and oxygen atoms in total. The van der Waals surface area contributed by atoms with E-state index in [0.717, 1.165) is 32.1 Å². The number of carboxylic acid groups (broad SMARTS) is 1. The minimum atomic E-state index is -0.909. The number of hydrogen-bond acceptors (Lipinski definition) is 2. The molecule has 0 bridgehead atoms. The van der Waals surface area contributed by atoms with Crippen molar-refractivity contribution < 1.29 is 14.7 Å². The van der Waals surface area contributed by atoms with Crippen LogP contribution in [0.5, 0.6) is 0 Å². The number of aliphatic carboxylic acids is 1. The van der Waals surface area contributed by atoms with Crippen LogP contribution in [0, 0.1) is 11.8 Å². The van der Waals surface area contributed by atoms with Crippen LogP contribution >= 0.6 is 0 Å². The van der Waals surface area contributed by atoms with E-state index in [1.54, 1.807) is 0 Å². The molecule has 1 rings (SSSR count). The van der Waals surface area contributed by atoms with Gasteiger partial charge in [0, 0.05) is 5.92 Å². The van der Waals surface area contributed by atoms with E-state index in [9.17, 15) is 9.59 Å². The van der Waals surface area contributed by atoms with Crippen LogP contribution < -0.4 is 5.32 Å². The fourth-order valence-electron chi connectivity index (χ4n) is 1.86. The van der Waals surface area contributed by atoms with Crippen molar-refractivity contribution in [3.63, 3.8) is 0 Å². The molecule has 0 saturated heterocycles. The highest BCUT2D eigenvalue weighted by atomic mass is 16.4. The number of amides is 1. The molecule has 4 heteroatoms. The molecule has 2 N–H and O–H groups in total. The highest BCUT2D eigenvalue weighted by molar-refractivity contribution is 5.84. The zero-order valence-electron chi connectivity index (χ0n) is 10.7. The van der Waals surface area contributed by atoms with Gasteiger partial charge in [0.25, 0.3) is 0 Å². The molecule has 98 valence electrons. The second-order valence-electron chi connectivity index (χ2n) is 5.12. The van der Waals surface area contributed by atoms with E-state index in [1.165, 1.54) is 0 Å². The quantitative estimate of drug-likeness (QED) is 0.684. The van der Waals surface area contributed by atoms with Gasteiger partial charge in [0.1, 0.15) is 6.04 Å². The lowest BCUT2D eigenvalue weighted by molar-refractivity contribution is -0.142. The summed E-state index contributed by atoms with van der Waals surface area (Å²) in [5.74, 6) is -0.613. The number of carboxylic acids is 1. The molecule has 1 saturated carbocycles. The Kier molecular flexibility index (Phi) is 5.45. The maximum atomic E-state index is 11.8. The number of nitrogens with one attached hydrogen (secondary N) is 1. The summed E-state index contributed by atoms with van der Waals surface area (Å²) in [5, 5.41) is 11.7. The predicted molar refractivity (Wildman–Crippen MR) is 65.6 cm³/mol. The lowest BCUT2D eigenvalue weighted by Gasteiger charge is -2.17. The molecular formula is C13H23NO3. The van der Waals surface area contributed by atoms with Crippen molar-refractivity contribution >= 4 is 11.9 Å².